The van der Waals surface area contributed by atoms with E-state index in [-0.39, 0.29) is 54.6 Å². The third-order valence-corrected chi connectivity index (χ3v) is 6.08. The molecule has 0 aromatic rings. The molecule has 0 spiro atoms. The van der Waals surface area contributed by atoms with Crippen molar-refractivity contribution in [3.8, 4) is 0 Å². The fourth-order valence-electron chi connectivity index (χ4n) is 2.82. The standard InChI is InChI=1S/C20H38O7S.Na.H/c1-5-9-11-16(7-3)14-26-19(21)13-18(28(23,24)25)20(22)27-15-17(8-4)12-10-6-2;;/h16-18H,5-15H2,1-4H3,(H,23,24,25);;/t16-,17-,18?;;/m0../s1. The van der Waals surface area contributed by atoms with Crippen molar-refractivity contribution in [2.24, 2.45) is 11.8 Å². The molecule has 168 valence electrons. The zero-order valence-corrected chi connectivity index (χ0v) is 18.6. The third kappa shape index (κ3) is 14.5. The number of unbranched alkanes of at least 4 members (excludes halogenated alkanes) is 2. The fraction of sp³-hybridized carbons (Fsp3) is 0.900. The van der Waals surface area contributed by atoms with Crippen molar-refractivity contribution in [1.29, 1.82) is 0 Å². The van der Waals surface area contributed by atoms with Crippen molar-refractivity contribution in [2.75, 3.05) is 13.2 Å². The van der Waals surface area contributed by atoms with Crippen LogP contribution in [0.2, 0.25) is 0 Å². The molecule has 0 fully saturated rings. The monoisotopic (exact) mass is 446 g/mol. The Balaban J connectivity index is 0. The predicted molar refractivity (Wildman–Crippen MR) is 116 cm³/mol. The molecule has 29 heavy (non-hydrogen) atoms. The molecule has 0 amide bonds. The summed E-state index contributed by atoms with van der Waals surface area (Å²) in [6, 6.07) is 0. The van der Waals surface area contributed by atoms with Crippen molar-refractivity contribution >= 4 is 51.6 Å². The molecule has 1 unspecified atom stereocenters. The summed E-state index contributed by atoms with van der Waals surface area (Å²) in [5, 5.41) is -1.95. The Morgan fingerprint density at radius 2 is 1.31 bits per heavy atom. The van der Waals surface area contributed by atoms with Gasteiger partial charge in [-0.2, -0.15) is 8.42 Å². The summed E-state index contributed by atoms with van der Waals surface area (Å²) >= 11 is 0. The molecule has 0 aromatic heterocycles. The van der Waals surface area contributed by atoms with E-state index >= 15 is 0 Å². The molecule has 0 saturated heterocycles. The maximum atomic E-state index is 12.2. The summed E-state index contributed by atoms with van der Waals surface area (Å²) < 4.78 is 42.8. The zero-order chi connectivity index (χ0) is 21.6. The molecule has 0 heterocycles. The van der Waals surface area contributed by atoms with Gasteiger partial charge in [-0.05, 0) is 24.7 Å². The molecular formula is C20H39NaO7S. The second kappa shape index (κ2) is 17.5. The normalized spacial score (nSPS) is 14.4. The molecule has 0 aliphatic carbocycles. The molecule has 3 atom stereocenters. The van der Waals surface area contributed by atoms with Gasteiger partial charge in [0.2, 0.25) is 0 Å². The number of rotatable bonds is 16. The summed E-state index contributed by atoms with van der Waals surface area (Å²) in [7, 11) is -4.76. The van der Waals surface area contributed by atoms with Gasteiger partial charge >= 0.3 is 41.5 Å². The first kappa shape index (κ1) is 31.0. The van der Waals surface area contributed by atoms with Crippen LogP contribution in [0.4, 0.5) is 0 Å². The van der Waals surface area contributed by atoms with E-state index in [1.54, 1.807) is 0 Å². The minimum atomic E-state index is -4.76. The SMILES string of the molecule is CCCC[C@H](CC)COC(=O)CC(C(=O)OC[C@@H](CC)CCCC)S(=O)(=O)O.[NaH]. The van der Waals surface area contributed by atoms with E-state index in [9.17, 15) is 22.6 Å². The maximum absolute atomic E-state index is 12.2. The topological polar surface area (TPSA) is 107 Å². The average molecular weight is 447 g/mol. The van der Waals surface area contributed by atoms with E-state index in [4.69, 9.17) is 9.47 Å². The number of carbonyl (C=O) groups is 2. The van der Waals surface area contributed by atoms with Gasteiger partial charge in [0.1, 0.15) is 0 Å². The number of carbonyl (C=O) groups excluding carboxylic acids is 2. The Morgan fingerprint density at radius 1 is 0.862 bits per heavy atom. The first-order chi connectivity index (χ1) is 13.2. The summed E-state index contributed by atoms with van der Waals surface area (Å²) in [5.74, 6) is -1.61. The van der Waals surface area contributed by atoms with Gasteiger partial charge in [0.25, 0.3) is 10.1 Å². The van der Waals surface area contributed by atoms with Crippen LogP contribution in [0.25, 0.3) is 0 Å². The van der Waals surface area contributed by atoms with Crippen molar-refractivity contribution in [3.05, 3.63) is 0 Å². The van der Waals surface area contributed by atoms with Gasteiger partial charge < -0.3 is 9.47 Å². The van der Waals surface area contributed by atoms with Crippen LogP contribution < -0.4 is 0 Å². The quantitative estimate of drug-likeness (QED) is 0.220. The fourth-order valence-corrected chi connectivity index (χ4v) is 3.48. The molecular weight excluding hydrogens is 407 g/mol. The third-order valence-electron chi connectivity index (χ3n) is 5.00. The summed E-state index contributed by atoms with van der Waals surface area (Å²) in [6.07, 6.45) is 6.74. The van der Waals surface area contributed by atoms with Crippen LogP contribution in [0.5, 0.6) is 0 Å². The molecule has 0 aliphatic heterocycles. The summed E-state index contributed by atoms with van der Waals surface area (Å²) in [5.41, 5.74) is 0. The van der Waals surface area contributed by atoms with Crippen LogP contribution in [0.1, 0.15) is 85.5 Å². The van der Waals surface area contributed by atoms with Crippen molar-refractivity contribution in [2.45, 2.75) is 90.7 Å². The van der Waals surface area contributed by atoms with Crippen LogP contribution in [0.15, 0.2) is 0 Å². The Hall–Kier alpha value is -0.150. The second-order valence-electron chi connectivity index (χ2n) is 7.35. The van der Waals surface area contributed by atoms with Gasteiger partial charge in [0, 0.05) is 0 Å². The van der Waals surface area contributed by atoms with Crippen molar-refractivity contribution in [3.63, 3.8) is 0 Å². The van der Waals surface area contributed by atoms with E-state index in [2.05, 4.69) is 13.8 Å². The number of hydrogen-bond acceptors (Lipinski definition) is 6. The molecule has 7 nitrogen and oxygen atoms in total. The number of esters is 2. The van der Waals surface area contributed by atoms with Gasteiger partial charge in [-0.1, -0.05) is 66.2 Å². The molecule has 0 aromatic carbocycles. The van der Waals surface area contributed by atoms with Gasteiger partial charge in [0.05, 0.1) is 19.6 Å². The van der Waals surface area contributed by atoms with Crippen molar-refractivity contribution < 1.29 is 32.0 Å². The van der Waals surface area contributed by atoms with Gasteiger partial charge in [-0.3, -0.25) is 14.1 Å². The van der Waals surface area contributed by atoms with E-state index in [1.807, 2.05) is 13.8 Å². The second-order valence-corrected chi connectivity index (χ2v) is 8.95. The van der Waals surface area contributed by atoms with E-state index < -0.39 is 33.7 Å². The number of ether oxygens (including phenoxy) is 2. The van der Waals surface area contributed by atoms with Gasteiger partial charge in [-0.25, -0.2) is 0 Å². The first-order valence-electron chi connectivity index (χ1n) is 10.5. The van der Waals surface area contributed by atoms with Gasteiger partial charge in [-0.15, -0.1) is 0 Å². The molecule has 0 aliphatic rings. The molecule has 0 bridgehead atoms. The first-order valence-corrected chi connectivity index (χ1v) is 12.0. The summed E-state index contributed by atoms with van der Waals surface area (Å²) in [6.45, 7) is 8.35. The Morgan fingerprint density at radius 3 is 1.69 bits per heavy atom. The molecule has 9 heteroatoms. The van der Waals surface area contributed by atoms with Crippen LogP contribution in [0.3, 0.4) is 0 Å². The molecule has 0 rings (SSSR count). The van der Waals surface area contributed by atoms with E-state index in [1.165, 1.54) is 0 Å². The van der Waals surface area contributed by atoms with E-state index in [0.717, 1.165) is 51.4 Å². The zero-order valence-electron chi connectivity index (χ0n) is 17.8. The Labute approximate surface area is 198 Å². The molecule has 0 saturated carbocycles. The summed E-state index contributed by atoms with van der Waals surface area (Å²) in [4.78, 5) is 24.2. The van der Waals surface area contributed by atoms with Crippen LogP contribution in [-0.4, -0.2) is 72.9 Å². The van der Waals surface area contributed by atoms with Crippen LogP contribution >= 0.6 is 0 Å². The van der Waals surface area contributed by atoms with Gasteiger partial charge in [0.15, 0.2) is 5.25 Å². The van der Waals surface area contributed by atoms with Crippen molar-refractivity contribution in [1.82, 2.24) is 0 Å². The average Bonchev–Trinajstić information content (AvgIpc) is 2.65. The minimum absolute atomic E-state index is 0. The Kier molecular flexibility index (Phi) is 18.8. The molecule has 1 N–H and O–H groups in total. The number of hydrogen-bond donors (Lipinski definition) is 1. The Bertz CT molecular complexity index is 551. The van der Waals surface area contributed by atoms with Crippen LogP contribution in [0, 0.1) is 11.8 Å². The molecule has 0 radical (unpaired) electrons. The predicted octanol–water partition coefficient (Wildman–Crippen LogP) is 3.50. The van der Waals surface area contributed by atoms with Crippen LogP contribution in [-0.2, 0) is 29.2 Å². The van der Waals surface area contributed by atoms with E-state index in [0.29, 0.717) is 0 Å².